The molecule has 1 nitrogen and oxygen atoms in total. The van der Waals surface area contributed by atoms with Crippen molar-refractivity contribution in [2.75, 3.05) is 0 Å². The van der Waals surface area contributed by atoms with E-state index in [0.29, 0.717) is 15.9 Å². The molecule has 0 spiro atoms. The fourth-order valence-corrected chi connectivity index (χ4v) is 1.74. The predicted molar refractivity (Wildman–Crippen MR) is 61.1 cm³/mol. The van der Waals surface area contributed by atoms with Crippen molar-refractivity contribution in [3.05, 3.63) is 40.5 Å². The first kappa shape index (κ1) is 11.3. The maximum absolute atomic E-state index is 13.1. The minimum atomic E-state index is -2.93. The van der Waals surface area contributed by atoms with E-state index in [1.807, 2.05) is 6.92 Å². The highest BCUT2D eigenvalue weighted by Crippen LogP contribution is 2.30. The summed E-state index contributed by atoms with van der Waals surface area (Å²) in [5.74, 6) is -2.93. The van der Waals surface area contributed by atoms with Crippen LogP contribution in [0.15, 0.2) is 24.3 Å². The molecule has 1 aromatic carbocycles. The van der Waals surface area contributed by atoms with Gasteiger partial charge in [0.25, 0.3) is 5.92 Å². The van der Waals surface area contributed by atoms with E-state index in [4.69, 9.17) is 11.6 Å². The van der Waals surface area contributed by atoms with Gasteiger partial charge in [0.15, 0.2) is 0 Å². The average Bonchev–Trinajstić information content (AvgIpc) is 2.22. The average molecular weight is 242 g/mol. The zero-order chi connectivity index (χ0) is 11.9. The summed E-state index contributed by atoms with van der Waals surface area (Å²) in [5, 5.41) is 1.27. The van der Waals surface area contributed by atoms with Gasteiger partial charge in [0.2, 0.25) is 0 Å². The second kappa shape index (κ2) is 3.67. The number of pyridine rings is 1. The second-order valence-corrected chi connectivity index (χ2v) is 4.23. The Kier molecular flexibility index (Phi) is 2.58. The van der Waals surface area contributed by atoms with Gasteiger partial charge in [0, 0.05) is 12.3 Å². The minimum Gasteiger partial charge on any atom is -0.246 e. The van der Waals surface area contributed by atoms with E-state index in [-0.39, 0.29) is 5.69 Å². The third kappa shape index (κ3) is 1.87. The van der Waals surface area contributed by atoms with Crippen LogP contribution < -0.4 is 0 Å². The van der Waals surface area contributed by atoms with Crippen LogP contribution in [-0.4, -0.2) is 4.98 Å². The highest BCUT2D eigenvalue weighted by molar-refractivity contribution is 6.36. The first-order valence-corrected chi connectivity index (χ1v) is 5.21. The highest BCUT2D eigenvalue weighted by Gasteiger charge is 2.26. The van der Waals surface area contributed by atoms with E-state index in [1.54, 1.807) is 18.2 Å². The van der Waals surface area contributed by atoms with Crippen LogP contribution in [0.2, 0.25) is 5.02 Å². The first-order chi connectivity index (χ1) is 7.39. The molecule has 0 radical (unpaired) electrons. The van der Waals surface area contributed by atoms with Gasteiger partial charge in [-0.15, -0.1) is 0 Å². The Bertz CT molecular complexity index is 546. The molecule has 0 bridgehead atoms. The van der Waals surface area contributed by atoms with Crippen LogP contribution in [0.5, 0.6) is 0 Å². The van der Waals surface area contributed by atoms with E-state index in [2.05, 4.69) is 4.98 Å². The van der Waals surface area contributed by atoms with Crippen molar-refractivity contribution in [1.29, 1.82) is 0 Å². The summed E-state index contributed by atoms with van der Waals surface area (Å²) in [6, 6.07) is 6.37. The van der Waals surface area contributed by atoms with Crippen LogP contribution in [-0.2, 0) is 5.92 Å². The number of rotatable bonds is 1. The van der Waals surface area contributed by atoms with E-state index < -0.39 is 5.92 Å². The minimum absolute atomic E-state index is 0.236. The molecule has 4 heteroatoms. The summed E-state index contributed by atoms with van der Waals surface area (Å²) in [5.41, 5.74) is 1.17. The lowest BCUT2D eigenvalue weighted by Crippen LogP contribution is -2.09. The van der Waals surface area contributed by atoms with Gasteiger partial charge in [0.1, 0.15) is 5.69 Å². The van der Waals surface area contributed by atoms with Crippen LogP contribution in [0, 0.1) is 6.92 Å². The Morgan fingerprint density at radius 2 is 1.88 bits per heavy atom. The van der Waals surface area contributed by atoms with Crippen LogP contribution in [0.25, 0.3) is 10.9 Å². The van der Waals surface area contributed by atoms with E-state index >= 15 is 0 Å². The molecule has 0 saturated carbocycles. The summed E-state index contributed by atoms with van der Waals surface area (Å²) >= 11 is 6.07. The molecule has 0 aliphatic carbocycles. The number of benzene rings is 1. The maximum Gasteiger partial charge on any atom is 0.286 e. The van der Waals surface area contributed by atoms with Crippen LogP contribution in [0.4, 0.5) is 8.78 Å². The lowest BCUT2D eigenvalue weighted by molar-refractivity contribution is 0.0131. The van der Waals surface area contributed by atoms with Crippen molar-refractivity contribution < 1.29 is 8.78 Å². The summed E-state index contributed by atoms with van der Waals surface area (Å²) < 4.78 is 26.1. The second-order valence-electron chi connectivity index (χ2n) is 3.85. The van der Waals surface area contributed by atoms with Crippen molar-refractivity contribution in [1.82, 2.24) is 4.98 Å². The molecular weight excluding hydrogens is 232 g/mol. The number of alkyl halides is 2. The lowest BCUT2D eigenvalue weighted by atomic mass is 10.1. The van der Waals surface area contributed by atoms with Gasteiger partial charge in [-0.3, -0.25) is 0 Å². The Labute approximate surface area is 97.1 Å². The number of hydrogen-bond acceptors (Lipinski definition) is 1. The van der Waals surface area contributed by atoms with E-state index in [1.165, 1.54) is 6.07 Å². The summed E-state index contributed by atoms with van der Waals surface area (Å²) in [4.78, 5) is 3.91. The Morgan fingerprint density at radius 3 is 2.50 bits per heavy atom. The zero-order valence-corrected chi connectivity index (χ0v) is 9.65. The topological polar surface area (TPSA) is 12.9 Å². The normalized spacial score (nSPS) is 12.1. The van der Waals surface area contributed by atoms with Gasteiger partial charge in [-0.2, -0.15) is 8.78 Å². The Balaban J connectivity index is 2.70. The maximum atomic E-state index is 13.1. The largest absolute Gasteiger partial charge is 0.286 e. The zero-order valence-electron chi connectivity index (χ0n) is 8.89. The van der Waals surface area contributed by atoms with Crippen molar-refractivity contribution in [2.24, 2.45) is 0 Å². The summed E-state index contributed by atoms with van der Waals surface area (Å²) in [6.07, 6.45) is 0. The Hall–Kier alpha value is -1.22. The number of hydrogen-bond donors (Lipinski definition) is 0. The van der Waals surface area contributed by atoms with Crippen molar-refractivity contribution in [3.63, 3.8) is 0 Å². The monoisotopic (exact) mass is 241 g/mol. The van der Waals surface area contributed by atoms with Gasteiger partial charge in [-0.1, -0.05) is 17.7 Å². The Morgan fingerprint density at radius 1 is 1.19 bits per heavy atom. The molecule has 0 N–H and O–H groups in total. The van der Waals surface area contributed by atoms with Gasteiger partial charge < -0.3 is 0 Å². The molecule has 1 aromatic heterocycles. The molecule has 0 aliphatic heterocycles. The molecule has 0 aliphatic rings. The smallest absolute Gasteiger partial charge is 0.246 e. The van der Waals surface area contributed by atoms with Gasteiger partial charge >= 0.3 is 0 Å². The van der Waals surface area contributed by atoms with Crippen molar-refractivity contribution >= 4 is 22.5 Å². The van der Waals surface area contributed by atoms with Crippen molar-refractivity contribution in [2.45, 2.75) is 19.8 Å². The summed E-state index contributed by atoms with van der Waals surface area (Å²) in [6.45, 7) is 2.70. The number of aromatic nitrogens is 1. The number of nitrogens with zero attached hydrogens (tertiary/aromatic N) is 1. The van der Waals surface area contributed by atoms with Gasteiger partial charge in [-0.25, -0.2) is 4.98 Å². The molecule has 1 heterocycles. The molecule has 0 amide bonds. The predicted octanol–water partition coefficient (Wildman–Crippen LogP) is 4.31. The van der Waals surface area contributed by atoms with Crippen LogP contribution >= 0.6 is 11.6 Å². The molecule has 2 rings (SSSR count). The number of aryl methyl sites for hydroxylation is 1. The quantitative estimate of drug-likeness (QED) is 0.725. The summed E-state index contributed by atoms with van der Waals surface area (Å²) in [7, 11) is 0. The molecule has 16 heavy (non-hydrogen) atoms. The molecule has 0 saturated heterocycles. The molecular formula is C12H10ClF2N. The van der Waals surface area contributed by atoms with Crippen LogP contribution in [0.1, 0.15) is 18.2 Å². The fraction of sp³-hybridized carbons (Fsp3) is 0.250. The molecule has 0 fully saturated rings. The molecule has 0 atom stereocenters. The van der Waals surface area contributed by atoms with Crippen LogP contribution in [0.3, 0.4) is 0 Å². The highest BCUT2D eigenvalue weighted by atomic mass is 35.5. The molecule has 0 unspecified atom stereocenters. The van der Waals surface area contributed by atoms with Gasteiger partial charge in [0.05, 0.1) is 10.5 Å². The number of halogens is 3. The number of fused-ring (bicyclic) bond motifs is 1. The SMILES string of the molecule is Cc1ccc2nc(C(C)(F)F)ccc2c1Cl. The molecule has 84 valence electrons. The third-order valence-corrected chi connectivity index (χ3v) is 2.95. The standard InChI is InChI=1S/C12H10ClF2N/c1-7-3-5-9-8(11(7)13)4-6-10(16-9)12(2,14)15/h3-6H,1-2H3. The lowest BCUT2D eigenvalue weighted by Gasteiger charge is -2.11. The first-order valence-electron chi connectivity index (χ1n) is 4.84. The molecule has 2 aromatic rings. The van der Waals surface area contributed by atoms with E-state index in [0.717, 1.165) is 12.5 Å². The third-order valence-electron chi connectivity index (χ3n) is 2.45. The fourth-order valence-electron chi connectivity index (χ4n) is 1.52. The van der Waals surface area contributed by atoms with Gasteiger partial charge in [-0.05, 0) is 30.7 Å². The van der Waals surface area contributed by atoms with E-state index in [9.17, 15) is 8.78 Å². The van der Waals surface area contributed by atoms with Crippen molar-refractivity contribution in [3.8, 4) is 0 Å².